The van der Waals surface area contributed by atoms with Crippen molar-refractivity contribution in [1.29, 1.82) is 0 Å². The molecule has 1 aliphatic rings. The molecule has 4 N–H and O–H groups in total. The first-order valence-corrected chi connectivity index (χ1v) is 11.1. The van der Waals surface area contributed by atoms with Gasteiger partial charge in [-0.15, -0.1) is 0 Å². The number of aromatic hydroxyl groups is 1. The Morgan fingerprint density at radius 1 is 1.18 bits per heavy atom. The van der Waals surface area contributed by atoms with E-state index in [1.54, 1.807) is 23.9 Å². The molecule has 0 bridgehead atoms. The zero-order chi connectivity index (χ0) is 20.1. The molecular weight excluding hydrogens is 394 g/mol. The quantitative estimate of drug-likeness (QED) is 0.495. The van der Waals surface area contributed by atoms with Crippen LogP contribution in [0.5, 0.6) is 5.75 Å². The SMILES string of the molecule is NC(CCSCCC1(c2ccc(-c3ccc(O)cc3Cl)cc2)CCC1)C(=O)O. The van der Waals surface area contributed by atoms with E-state index in [0.717, 1.165) is 29.1 Å². The molecule has 6 heteroatoms. The number of carboxylic acid groups (broad SMARTS) is 1. The molecule has 0 spiro atoms. The largest absolute Gasteiger partial charge is 0.508 e. The van der Waals surface area contributed by atoms with Crippen molar-refractivity contribution in [1.82, 2.24) is 0 Å². The molecule has 0 radical (unpaired) electrons. The Balaban J connectivity index is 1.60. The molecule has 1 aliphatic carbocycles. The summed E-state index contributed by atoms with van der Waals surface area (Å²) in [4.78, 5) is 10.8. The van der Waals surface area contributed by atoms with Gasteiger partial charge in [-0.1, -0.05) is 42.3 Å². The minimum Gasteiger partial charge on any atom is -0.508 e. The number of carboxylic acids is 1. The van der Waals surface area contributed by atoms with Gasteiger partial charge in [-0.2, -0.15) is 11.8 Å². The number of phenolic OH excluding ortho intramolecular Hbond substituents is 1. The Labute approximate surface area is 175 Å². The first-order chi connectivity index (χ1) is 13.4. The predicted octanol–water partition coefficient (Wildman–Crippen LogP) is 5.06. The molecule has 0 amide bonds. The third kappa shape index (κ3) is 4.83. The second kappa shape index (κ2) is 9.21. The first-order valence-electron chi connectivity index (χ1n) is 9.57. The van der Waals surface area contributed by atoms with Gasteiger partial charge in [0.15, 0.2) is 0 Å². The summed E-state index contributed by atoms with van der Waals surface area (Å²) in [6.45, 7) is 0. The highest BCUT2D eigenvalue weighted by molar-refractivity contribution is 7.99. The van der Waals surface area contributed by atoms with Gasteiger partial charge in [0.25, 0.3) is 0 Å². The topological polar surface area (TPSA) is 83.5 Å². The molecule has 1 unspecified atom stereocenters. The van der Waals surface area contributed by atoms with E-state index in [-0.39, 0.29) is 11.2 Å². The maximum atomic E-state index is 10.8. The maximum absolute atomic E-state index is 10.8. The summed E-state index contributed by atoms with van der Waals surface area (Å²) in [5, 5.41) is 18.9. The van der Waals surface area contributed by atoms with Gasteiger partial charge < -0.3 is 15.9 Å². The smallest absolute Gasteiger partial charge is 0.320 e. The number of halogens is 1. The fraction of sp³-hybridized carbons (Fsp3) is 0.409. The van der Waals surface area contributed by atoms with E-state index in [2.05, 4.69) is 24.3 Å². The van der Waals surface area contributed by atoms with Crippen LogP contribution in [-0.4, -0.2) is 33.7 Å². The van der Waals surface area contributed by atoms with Crippen LogP contribution in [0.15, 0.2) is 42.5 Å². The number of benzene rings is 2. The summed E-state index contributed by atoms with van der Waals surface area (Å²) >= 11 is 8.05. The van der Waals surface area contributed by atoms with E-state index < -0.39 is 12.0 Å². The van der Waals surface area contributed by atoms with E-state index in [0.29, 0.717) is 11.4 Å². The Kier molecular flexibility index (Phi) is 6.91. The number of hydrogen-bond acceptors (Lipinski definition) is 4. The van der Waals surface area contributed by atoms with Gasteiger partial charge in [0, 0.05) is 5.56 Å². The van der Waals surface area contributed by atoms with E-state index in [9.17, 15) is 9.90 Å². The van der Waals surface area contributed by atoms with Crippen molar-refractivity contribution in [2.45, 2.75) is 43.6 Å². The van der Waals surface area contributed by atoms with Crippen LogP contribution >= 0.6 is 23.4 Å². The summed E-state index contributed by atoms with van der Waals surface area (Å²) in [5.41, 5.74) is 9.11. The fourth-order valence-corrected chi connectivity index (χ4v) is 5.18. The van der Waals surface area contributed by atoms with Crippen LogP contribution < -0.4 is 5.73 Å². The number of rotatable bonds is 9. The molecule has 1 atom stereocenters. The third-order valence-corrected chi connectivity index (χ3v) is 7.02. The van der Waals surface area contributed by atoms with Crippen LogP contribution in [0.4, 0.5) is 0 Å². The Hall–Kier alpha value is -1.69. The summed E-state index contributed by atoms with van der Waals surface area (Å²) in [5.74, 6) is 1.03. The molecule has 0 aromatic heterocycles. The van der Waals surface area contributed by atoms with Crippen molar-refractivity contribution >= 4 is 29.3 Å². The lowest BCUT2D eigenvalue weighted by molar-refractivity contribution is -0.138. The monoisotopic (exact) mass is 419 g/mol. The van der Waals surface area contributed by atoms with Crippen LogP contribution in [0.25, 0.3) is 11.1 Å². The molecular formula is C22H26ClNO3S. The second-order valence-corrected chi connectivity index (χ2v) is 9.10. The average molecular weight is 420 g/mol. The lowest BCUT2D eigenvalue weighted by Crippen LogP contribution is -2.35. The molecule has 2 aromatic carbocycles. The molecule has 0 saturated heterocycles. The molecule has 150 valence electrons. The van der Waals surface area contributed by atoms with Crippen molar-refractivity contribution in [3.05, 3.63) is 53.1 Å². The van der Waals surface area contributed by atoms with Gasteiger partial charge in [-0.3, -0.25) is 4.79 Å². The van der Waals surface area contributed by atoms with Crippen LogP contribution in [-0.2, 0) is 10.2 Å². The Morgan fingerprint density at radius 2 is 1.89 bits per heavy atom. The first kappa shape index (κ1) is 21.0. The second-order valence-electron chi connectivity index (χ2n) is 7.47. The molecule has 4 nitrogen and oxygen atoms in total. The number of thioether (sulfide) groups is 1. The van der Waals surface area contributed by atoms with E-state index in [4.69, 9.17) is 22.4 Å². The number of carbonyl (C=O) groups is 1. The number of hydrogen-bond donors (Lipinski definition) is 3. The molecule has 0 aliphatic heterocycles. The van der Waals surface area contributed by atoms with E-state index in [1.807, 2.05) is 6.07 Å². The molecule has 3 rings (SSSR count). The molecule has 2 aromatic rings. The van der Waals surface area contributed by atoms with Crippen LogP contribution in [0.3, 0.4) is 0 Å². The molecule has 1 saturated carbocycles. The fourth-order valence-electron chi connectivity index (χ4n) is 3.73. The Morgan fingerprint density at radius 3 is 2.46 bits per heavy atom. The van der Waals surface area contributed by atoms with Crippen molar-refractivity contribution < 1.29 is 15.0 Å². The third-order valence-electron chi connectivity index (χ3n) is 5.69. The number of nitrogens with two attached hydrogens (primary N) is 1. The highest BCUT2D eigenvalue weighted by Gasteiger charge is 2.37. The highest BCUT2D eigenvalue weighted by Crippen LogP contribution is 2.47. The minimum absolute atomic E-state index is 0.167. The zero-order valence-corrected chi connectivity index (χ0v) is 17.3. The minimum atomic E-state index is -0.926. The summed E-state index contributed by atoms with van der Waals surface area (Å²) in [6, 6.07) is 12.9. The Bertz CT molecular complexity index is 821. The maximum Gasteiger partial charge on any atom is 0.320 e. The van der Waals surface area contributed by atoms with E-state index in [1.165, 1.54) is 24.8 Å². The summed E-state index contributed by atoms with van der Waals surface area (Å²) in [6.07, 6.45) is 5.25. The van der Waals surface area contributed by atoms with Crippen LogP contribution in [0, 0.1) is 0 Å². The highest BCUT2D eigenvalue weighted by atomic mass is 35.5. The molecule has 0 heterocycles. The van der Waals surface area contributed by atoms with Gasteiger partial charge in [0.2, 0.25) is 0 Å². The average Bonchev–Trinajstić information content (AvgIpc) is 2.63. The van der Waals surface area contributed by atoms with Gasteiger partial charge in [0.05, 0.1) is 5.02 Å². The lowest BCUT2D eigenvalue weighted by Gasteiger charge is -2.43. The van der Waals surface area contributed by atoms with Crippen LogP contribution in [0.2, 0.25) is 5.02 Å². The predicted molar refractivity (Wildman–Crippen MR) is 116 cm³/mol. The van der Waals surface area contributed by atoms with E-state index >= 15 is 0 Å². The molecule has 28 heavy (non-hydrogen) atoms. The zero-order valence-electron chi connectivity index (χ0n) is 15.7. The van der Waals surface area contributed by atoms with Crippen molar-refractivity contribution in [3.8, 4) is 16.9 Å². The van der Waals surface area contributed by atoms with Crippen molar-refractivity contribution in [3.63, 3.8) is 0 Å². The van der Waals surface area contributed by atoms with Crippen molar-refractivity contribution in [2.75, 3.05) is 11.5 Å². The van der Waals surface area contributed by atoms with Crippen molar-refractivity contribution in [2.24, 2.45) is 5.73 Å². The van der Waals surface area contributed by atoms with Crippen LogP contribution in [0.1, 0.15) is 37.7 Å². The van der Waals surface area contributed by atoms with Gasteiger partial charge in [-0.25, -0.2) is 0 Å². The number of phenols is 1. The molecule has 1 fully saturated rings. The van der Waals surface area contributed by atoms with Gasteiger partial charge >= 0.3 is 5.97 Å². The van der Waals surface area contributed by atoms with Gasteiger partial charge in [0.1, 0.15) is 11.8 Å². The summed E-state index contributed by atoms with van der Waals surface area (Å²) in [7, 11) is 0. The normalized spacial score (nSPS) is 16.4. The lowest BCUT2D eigenvalue weighted by atomic mass is 9.63. The standard InChI is InChI=1S/C22H26ClNO3S/c23-19-14-17(25)6-7-18(19)15-2-4-16(5-3-15)22(9-1-10-22)11-13-28-12-8-20(24)21(26)27/h2-7,14,20,25H,1,8-13,24H2,(H,26,27). The summed E-state index contributed by atoms with van der Waals surface area (Å²) < 4.78 is 0. The van der Waals surface area contributed by atoms with Gasteiger partial charge in [-0.05, 0) is 71.9 Å². The number of aliphatic carboxylic acids is 1.